The first-order valence-electron chi connectivity index (χ1n) is 5.31. The van der Waals surface area contributed by atoms with Gasteiger partial charge < -0.3 is 21.7 Å². The average Bonchev–Trinajstić information content (AvgIpc) is 2.29. The van der Waals surface area contributed by atoms with E-state index in [0.29, 0.717) is 6.61 Å². The van der Waals surface area contributed by atoms with Crippen LogP contribution >= 0.6 is 0 Å². The van der Waals surface area contributed by atoms with Crippen molar-refractivity contribution in [3.05, 3.63) is 42.1 Å². The van der Waals surface area contributed by atoms with Crippen LogP contribution in [0.3, 0.4) is 0 Å². The lowest BCUT2D eigenvalue weighted by Gasteiger charge is -2.01. The zero-order valence-corrected chi connectivity index (χ0v) is 11.4. The van der Waals surface area contributed by atoms with Crippen LogP contribution in [0.1, 0.15) is 12.6 Å². The fourth-order valence-electron chi connectivity index (χ4n) is 1.74. The molecule has 0 fully saturated rings. The number of hydrogen-bond donors (Lipinski definition) is 0. The third kappa shape index (κ3) is 2.64. The Bertz CT molecular complexity index is 540. The van der Waals surface area contributed by atoms with Gasteiger partial charge in [-0.1, -0.05) is 16.7 Å². The van der Waals surface area contributed by atoms with Crippen LogP contribution in [0.25, 0.3) is 10.9 Å². The van der Waals surface area contributed by atoms with Crippen molar-refractivity contribution >= 4 is 17.0 Å². The number of nitrogens with zero attached hydrogens (tertiary/aromatic N) is 1. The van der Waals surface area contributed by atoms with E-state index >= 15 is 0 Å². The van der Waals surface area contributed by atoms with Gasteiger partial charge in [0.25, 0.3) is 0 Å². The molecule has 0 saturated carbocycles. The average molecular weight is 296 g/mol. The van der Waals surface area contributed by atoms with E-state index in [-0.39, 0.29) is 23.1 Å². The molecule has 2 aromatic rings. The maximum atomic E-state index is 11.8. The van der Waals surface area contributed by atoms with Gasteiger partial charge in [0.2, 0.25) is 5.52 Å². The predicted molar refractivity (Wildman–Crippen MR) is 61.3 cm³/mol. The van der Waals surface area contributed by atoms with Gasteiger partial charge in [-0.2, -0.15) is 4.79 Å². The molecular weight excluding hydrogens is 282 g/mol. The van der Waals surface area contributed by atoms with Crippen LogP contribution in [-0.4, -0.2) is 12.7 Å². The molecule has 17 heavy (non-hydrogen) atoms. The quantitative estimate of drug-likeness (QED) is 0.661. The van der Waals surface area contributed by atoms with Crippen molar-refractivity contribution in [3.63, 3.8) is 0 Å². The molecule has 1 aromatic carbocycles. The lowest BCUT2D eigenvalue weighted by Crippen LogP contribution is -3.00. The molecule has 1 heterocycles. The standard InChI is InChI=1S/C13H14NO2.BrH/c1-3-16-13(15)14-10(2)8-9-11-6-4-5-7-12(11)14;/h4-9H,3H2,1-2H3;1H/q+1;/p-1. The summed E-state index contributed by atoms with van der Waals surface area (Å²) in [6, 6.07) is 11.7. The molecule has 90 valence electrons. The zero-order valence-electron chi connectivity index (χ0n) is 9.81. The molecule has 0 bridgehead atoms. The number of benzene rings is 1. The summed E-state index contributed by atoms with van der Waals surface area (Å²) in [7, 11) is 0. The summed E-state index contributed by atoms with van der Waals surface area (Å²) in [4.78, 5) is 11.8. The van der Waals surface area contributed by atoms with Crippen molar-refractivity contribution in [3.8, 4) is 0 Å². The number of para-hydroxylation sites is 1. The summed E-state index contributed by atoms with van der Waals surface area (Å²) >= 11 is 0. The summed E-state index contributed by atoms with van der Waals surface area (Å²) < 4.78 is 6.64. The molecule has 4 heteroatoms. The molecule has 0 saturated heterocycles. The maximum absolute atomic E-state index is 11.8. The molecule has 3 nitrogen and oxygen atoms in total. The number of hydrogen-bond acceptors (Lipinski definition) is 2. The lowest BCUT2D eigenvalue weighted by molar-refractivity contribution is -0.565. The first-order valence-corrected chi connectivity index (χ1v) is 5.31. The molecule has 0 amide bonds. The normalized spacial score (nSPS) is 9.76. The van der Waals surface area contributed by atoms with Gasteiger partial charge in [-0.25, -0.2) is 0 Å². The van der Waals surface area contributed by atoms with Crippen molar-refractivity contribution in [2.24, 2.45) is 0 Å². The van der Waals surface area contributed by atoms with Gasteiger partial charge in [0.15, 0.2) is 5.69 Å². The van der Waals surface area contributed by atoms with Gasteiger partial charge in [0, 0.05) is 24.4 Å². The minimum absolute atomic E-state index is 0. The molecule has 0 N–H and O–H groups in total. The zero-order chi connectivity index (χ0) is 11.5. The fourth-order valence-corrected chi connectivity index (χ4v) is 1.74. The molecule has 0 aliphatic heterocycles. The van der Waals surface area contributed by atoms with Crippen LogP contribution in [0.2, 0.25) is 0 Å². The number of carbonyl (C=O) groups is 1. The molecule has 0 atom stereocenters. The highest BCUT2D eigenvalue weighted by atomic mass is 79.9. The Morgan fingerprint density at radius 2 is 1.94 bits per heavy atom. The number of aryl methyl sites for hydroxylation is 1. The molecular formula is C13H14BrNO2. The van der Waals surface area contributed by atoms with Crippen LogP contribution in [0.4, 0.5) is 4.79 Å². The molecule has 0 unspecified atom stereocenters. The van der Waals surface area contributed by atoms with Crippen molar-refractivity contribution < 1.29 is 31.1 Å². The minimum Gasteiger partial charge on any atom is -1.00 e. The molecule has 0 aliphatic rings. The lowest BCUT2D eigenvalue weighted by atomic mass is 10.2. The second kappa shape index (κ2) is 5.77. The van der Waals surface area contributed by atoms with Crippen molar-refractivity contribution in [1.82, 2.24) is 0 Å². The Balaban J connectivity index is 0.00000144. The summed E-state index contributed by atoms with van der Waals surface area (Å²) in [6.07, 6.45) is -0.322. The van der Waals surface area contributed by atoms with Gasteiger partial charge in [-0.15, -0.1) is 0 Å². The number of fused-ring (bicyclic) bond motifs is 1. The predicted octanol–water partition coefficient (Wildman–Crippen LogP) is -0.556. The highest BCUT2D eigenvalue weighted by Gasteiger charge is 2.22. The van der Waals surface area contributed by atoms with Crippen molar-refractivity contribution in [2.75, 3.05) is 6.61 Å². The number of ether oxygens (including phenoxy) is 1. The Kier molecular flexibility index (Phi) is 4.63. The number of rotatable bonds is 1. The van der Waals surface area contributed by atoms with Crippen molar-refractivity contribution in [2.45, 2.75) is 13.8 Å². The first kappa shape index (κ1) is 13.6. The Morgan fingerprint density at radius 1 is 1.24 bits per heavy atom. The van der Waals surface area contributed by atoms with Crippen molar-refractivity contribution in [1.29, 1.82) is 0 Å². The fraction of sp³-hybridized carbons (Fsp3) is 0.231. The Morgan fingerprint density at radius 3 is 2.65 bits per heavy atom. The van der Waals surface area contributed by atoms with Crippen LogP contribution in [0, 0.1) is 6.92 Å². The smallest absolute Gasteiger partial charge is 0.602 e. The second-order valence-corrected chi connectivity index (χ2v) is 3.57. The Labute approximate surface area is 111 Å². The van der Waals surface area contributed by atoms with Crippen LogP contribution in [0.15, 0.2) is 36.4 Å². The van der Waals surface area contributed by atoms with Gasteiger partial charge in [-0.3, -0.25) is 0 Å². The van der Waals surface area contributed by atoms with E-state index in [2.05, 4.69) is 0 Å². The topological polar surface area (TPSA) is 30.2 Å². The first-order chi connectivity index (χ1) is 7.74. The van der Waals surface area contributed by atoms with Gasteiger partial charge in [0.1, 0.15) is 0 Å². The van der Waals surface area contributed by atoms with E-state index in [1.165, 1.54) is 0 Å². The Hall–Kier alpha value is -1.42. The highest BCUT2D eigenvalue weighted by molar-refractivity contribution is 5.78. The minimum atomic E-state index is -0.322. The molecule has 2 rings (SSSR count). The van der Waals surface area contributed by atoms with Gasteiger partial charge in [-0.05, 0) is 19.1 Å². The van der Waals surface area contributed by atoms with E-state index < -0.39 is 0 Å². The highest BCUT2D eigenvalue weighted by Crippen LogP contribution is 2.10. The molecule has 1 aromatic heterocycles. The van der Waals surface area contributed by atoms with Crippen LogP contribution < -0.4 is 21.5 Å². The third-order valence-electron chi connectivity index (χ3n) is 2.48. The van der Waals surface area contributed by atoms with E-state index in [1.54, 1.807) is 11.5 Å². The van der Waals surface area contributed by atoms with Crippen LogP contribution in [-0.2, 0) is 4.74 Å². The number of halogens is 1. The maximum Gasteiger partial charge on any atom is 0.602 e. The van der Waals surface area contributed by atoms with E-state index in [9.17, 15) is 4.79 Å². The van der Waals surface area contributed by atoms with E-state index in [0.717, 1.165) is 16.6 Å². The third-order valence-corrected chi connectivity index (χ3v) is 2.48. The molecule has 0 aliphatic carbocycles. The van der Waals surface area contributed by atoms with Gasteiger partial charge >= 0.3 is 6.09 Å². The number of pyridine rings is 1. The molecule has 0 radical (unpaired) electrons. The summed E-state index contributed by atoms with van der Waals surface area (Å²) in [5.41, 5.74) is 1.75. The number of aromatic nitrogens is 1. The SMILES string of the molecule is CCOC(=O)[n+]1c(C)ccc2ccccc21.[Br-]. The second-order valence-electron chi connectivity index (χ2n) is 3.57. The summed E-state index contributed by atoms with van der Waals surface area (Å²) in [6.45, 7) is 4.08. The van der Waals surface area contributed by atoms with E-state index in [1.807, 2.05) is 43.3 Å². The number of carbonyl (C=O) groups excluding carboxylic acids is 1. The molecule has 0 spiro atoms. The summed E-state index contributed by atoms with van der Waals surface area (Å²) in [5.74, 6) is 0. The monoisotopic (exact) mass is 295 g/mol. The summed E-state index contributed by atoms with van der Waals surface area (Å²) in [5, 5.41) is 1.03. The van der Waals surface area contributed by atoms with E-state index in [4.69, 9.17) is 4.74 Å². The van der Waals surface area contributed by atoms with Gasteiger partial charge in [0.05, 0.1) is 6.61 Å². The largest absolute Gasteiger partial charge is 1.00 e. The van der Waals surface area contributed by atoms with Crippen LogP contribution in [0.5, 0.6) is 0 Å².